The fourth-order valence-electron chi connectivity index (χ4n) is 3.62. The number of fused-ring (bicyclic) bond motifs is 1. The van der Waals surface area contributed by atoms with Gasteiger partial charge in [0.1, 0.15) is 11.3 Å². The molecule has 0 spiro atoms. The smallest absolute Gasteiger partial charge is 0.209 e. The molecule has 1 saturated heterocycles. The summed E-state index contributed by atoms with van der Waals surface area (Å²) in [7, 11) is 0. The number of nitrogens with one attached hydrogen (secondary N) is 1. The second-order valence-electron chi connectivity index (χ2n) is 7.45. The van der Waals surface area contributed by atoms with Gasteiger partial charge in [0.25, 0.3) is 0 Å². The summed E-state index contributed by atoms with van der Waals surface area (Å²) >= 11 is 1.56. The van der Waals surface area contributed by atoms with Crippen LogP contribution in [0.2, 0.25) is 0 Å². The number of aliphatic hydroxyl groups is 1. The van der Waals surface area contributed by atoms with Crippen molar-refractivity contribution in [2.24, 2.45) is 0 Å². The molecule has 1 aliphatic rings. The third-order valence-electron chi connectivity index (χ3n) is 5.19. The average molecular weight is 416 g/mol. The van der Waals surface area contributed by atoms with Crippen molar-refractivity contribution in [2.45, 2.75) is 36.4 Å². The van der Waals surface area contributed by atoms with Crippen LogP contribution in [0.1, 0.15) is 18.7 Å². The van der Waals surface area contributed by atoms with Crippen LogP contribution in [0.5, 0.6) is 0 Å². The highest BCUT2D eigenvalue weighted by Gasteiger charge is 2.21. The number of piperidine rings is 1. The van der Waals surface area contributed by atoms with E-state index in [1.807, 2.05) is 24.3 Å². The Bertz CT molecular complexity index is 877. The quantitative estimate of drug-likeness (QED) is 0.548. The second-order valence-corrected chi connectivity index (χ2v) is 8.54. The Morgan fingerprint density at radius 1 is 1.17 bits per heavy atom. The number of likely N-dealkylation sites (tertiary alicyclic amines) is 1. The molecule has 4 rings (SSSR count). The van der Waals surface area contributed by atoms with Gasteiger partial charge in [0.15, 0.2) is 5.58 Å². The van der Waals surface area contributed by atoms with Crippen LogP contribution in [-0.4, -0.2) is 52.5 Å². The fraction of sp³-hybridized carbons (Fsp3) is 0.409. The molecule has 1 aliphatic heterocycles. The van der Waals surface area contributed by atoms with E-state index < -0.39 is 6.10 Å². The third-order valence-corrected chi connectivity index (χ3v) is 6.35. The van der Waals surface area contributed by atoms with E-state index in [0.29, 0.717) is 24.9 Å². The number of aromatic nitrogens is 1. The number of para-hydroxylation sites is 2. The first kappa shape index (κ1) is 20.3. The van der Waals surface area contributed by atoms with E-state index in [-0.39, 0.29) is 5.82 Å². The lowest BCUT2D eigenvalue weighted by molar-refractivity contribution is 0.108. The van der Waals surface area contributed by atoms with E-state index in [1.165, 1.54) is 12.1 Å². The Labute approximate surface area is 174 Å². The van der Waals surface area contributed by atoms with Crippen molar-refractivity contribution >= 4 is 22.9 Å². The predicted molar refractivity (Wildman–Crippen MR) is 113 cm³/mol. The van der Waals surface area contributed by atoms with Crippen LogP contribution >= 0.6 is 11.8 Å². The maximum absolute atomic E-state index is 12.9. The van der Waals surface area contributed by atoms with E-state index in [2.05, 4.69) is 15.2 Å². The molecule has 0 radical (unpaired) electrons. The fourth-order valence-corrected chi connectivity index (χ4v) is 4.44. The molecule has 0 amide bonds. The van der Waals surface area contributed by atoms with Crippen molar-refractivity contribution < 1.29 is 13.9 Å². The summed E-state index contributed by atoms with van der Waals surface area (Å²) < 4.78 is 18.7. The van der Waals surface area contributed by atoms with E-state index >= 15 is 0 Å². The highest BCUT2D eigenvalue weighted by atomic mass is 32.2. The lowest BCUT2D eigenvalue weighted by Gasteiger charge is -2.33. The Kier molecular flexibility index (Phi) is 6.82. The molecule has 1 fully saturated rings. The molecule has 3 aromatic rings. The Balaban J connectivity index is 1.15. The van der Waals surface area contributed by atoms with Gasteiger partial charge in [-0.15, -0.1) is 11.8 Å². The molecular weight excluding hydrogens is 389 g/mol. The average Bonchev–Trinajstić information content (AvgIpc) is 3.16. The lowest BCUT2D eigenvalue weighted by atomic mass is 10.0. The van der Waals surface area contributed by atoms with Gasteiger partial charge in [0.2, 0.25) is 5.89 Å². The molecule has 0 bridgehead atoms. The number of hydrogen-bond donors (Lipinski definition) is 2. The van der Waals surface area contributed by atoms with Crippen LogP contribution in [0.4, 0.5) is 4.39 Å². The molecule has 7 heteroatoms. The Morgan fingerprint density at radius 3 is 2.69 bits per heavy atom. The summed E-state index contributed by atoms with van der Waals surface area (Å²) in [5.41, 5.74) is 1.72. The van der Waals surface area contributed by atoms with Gasteiger partial charge in [-0.05, 0) is 62.3 Å². The molecule has 29 heavy (non-hydrogen) atoms. The second kappa shape index (κ2) is 9.71. The van der Waals surface area contributed by atoms with Crippen LogP contribution < -0.4 is 5.32 Å². The summed E-state index contributed by atoms with van der Waals surface area (Å²) in [5, 5.41) is 13.9. The molecule has 0 aliphatic carbocycles. The molecule has 154 valence electrons. The van der Waals surface area contributed by atoms with Gasteiger partial charge < -0.3 is 19.7 Å². The molecule has 2 aromatic carbocycles. The SMILES string of the molecule is OC(CSc1ccc(F)cc1)CN1CCC(NCc2nc3ccccc3o2)CC1. The standard InChI is InChI=1S/C22H26FN3O2S/c23-16-5-7-19(8-6-16)29-15-18(27)14-26-11-9-17(10-12-26)24-13-22-25-20-3-1-2-4-21(20)28-22/h1-8,17-18,24,27H,9-15H2. The maximum Gasteiger partial charge on any atom is 0.209 e. The normalized spacial score (nSPS) is 17.0. The number of hydrogen-bond acceptors (Lipinski definition) is 6. The zero-order valence-electron chi connectivity index (χ0n) is 16.3. The molecular formula is C22H26FN3O2S. The molecule has 1 atom stereocenters. The van der Waals surface area contributed by atoms with Crippen molar-refractivity contribution in [1.29, 1.82) is 0 Å². The highest BCUT2D eigenvalue weighted by Crippen LogP contribution is 2.20. The summed E-state index contributed by atoms with van der Waals surface area (Å²) in [4.78, 5) is 7.80. The summed E-state index contributed by atoms with van der Waals surface area (Å²) in [6.45, 7) is 3.23. The molecule has 2 heterocycles. The van der Waals surface area contributed by atoms with E-state index in [1.54, 1.807) is 23.9 Å². The predicted octanol–water partition coefficient (Wildman–Crippen LogP) is 3.67. The van der Waals surface area contributed by atoms with Gasteiger partial charge in [0.05, 0.1) is 12.6 Å². The van der Waals surface area contributed by atoms with Crippen LogP contribution in [0.3, 0.4) is 0 Å². The summed E-state index contributed by atoms with van der Waals surface area (Å²) in [5.74, 6) is 1.10. The minimum absolute atomic E-state index is 0.234. The Hall–Kier alpha value is -1.93. The number of nitrogens with zero attached hydrogens (tertiary/aromatic N) is 2. The van der Waals surface area contributed by atoms with Crippen molar-refractivity contribution in [2.75, 3.05) is 25.4 Å². The summed E-state index contributed by atoms with van der Waals surface area (Å²) in [6, 6.07) is 14.6. The van der Waals surface area contributed by atoms with E-state index in [0.717, 1.165) is 47.8 Å². The van der Waals surface area contributed by atoms with Crippen molar-refractivity contribution in [1.82, 2.24) is 15.2 Å². The third kappa shape index (κ3) is 5.79. The zero-order chi connectivity index (χ0) is 20.1. The zero-order valence-corrected chi connectivity index (χ0v) is 17.1. The van der Waals surface area contributed by atoms with Gasteiger partial charge in [-0.1, -0.05) is 12.1 Å². The summed E-state index contributed by atoms with van der Waals surface area (Å²) in [6.07, 6.45) is 1.69. The van der Waals surface area contributed by atoms with E-state index in [9.17, 15) is 9.50 Å². The van der Waals surface area contributed by atoms with Gasteiger partial charge >= 0.3 is 0 Å². The minimum atomic E-state index is -0.394. The first-order valence-electron chi connectivity index (χ1n) is 10.0. The molecule has 1 unspecified atom stereocenters. The Morgan fingerprint density at radius 2 is 1.93 bits per heavy atom. The maximum atomic E-state index is 12.9. The number of thioether (sulfide) groups is 1. The van der Waals surface area contributed by atoms with E-state index in [4.69, 9.17) is 4.42 Å². The molecule has 0 saturated carbocycles. The number of β-amino-alcohol motifs (C(OH)–C–C–N with tert-alkyl or cyclic N) is 1. The van der Waals surface area contributed by atoms with Crippen LogP contribution in [0.15, 0.2) is 57.8 Å². The topological polar surface area (TPSA) is 61.5 Å². The van der Waals surface area contributed by atoms with Gasteiger partial charge in [0, 0.05) is 23.2 Å². The molecule has 5 nitrogen and oxygen atoms in total. The lowest BCUT2D eigenvalue weighted by Crippen LogP contribution is -2.45. The van der Waals surface area contributed by atoms with Crippen molar-refractivity contribution in [3.8, 4) is 0 Å². The first-order valence-corrected chi connectivity index (χ1v) is 11.0. The number of benzene rings is 2. The molecule has 2 N–H and O–H groups in total. The van der Waals surface area contributed by atoms with Gasteiger partial charge in [-0.2, -0.15) is 0 Å². The first-order chi connectivity index (χ1) is 14.2. The van der Waals surface area contributed by atoms with Crippen LogP contribution in [-0.2, 0) is 6.54 Å². The minimum Gasteiger partial charge on any atom is -0.439 e. The number of halogens is 1. The number of aliphatic hydroxyl groups excluding tert-OH is 1. The monoisotopic (exact) mass is 415 g/mol. The van der Waals surface area contributed by atoms with Crippen LogP contribution in [0, 0.1) is 5.82 Å². The highest BCUT2D eigenvalue weighted by molar-refractivity contribution is 7.99. The number of oxazole rings is 1. The van der Waals surface area contributed by atoms with Crippen molar-refractivity contribution in [3.63, 3.8) is 0 Å². The largest absolute Gasteiger partial charge is 0.439 e. The van der Waals surface area contributed by atoms with Crippen LogP contribution in [0.25, 0.3) is 11.1 Å². The van der Waals surface area contributed by atoms with Gasteiger partial charge in [-0.3, -0.25) is 0 Å². The number of rotatable bonds is 8. The van der Waals surface area contributed by atoms with Crippen molar-refractivity contribution in [3.05, 3.63) is 60.2 Å². The molecule has 1 aromatic heterocycles. The van der Waals surface area contributed by atoms with Gasteiger partial charge in [-0.25, -0.2) is 9.37 Å².